The van der Waals surface area contributed by atoms with Crippen molar-refractivity contribution in [2.75, 3.05) is 24.2 Å². The number of allylic oxidation sites excluding steroid dienone is 4. The van der Waals surface area contributed by atoms with Gasteiger partial charge < -0.3 is 14.8 Å². The molecule has 5 rings (SSSR count). The number of carbonyl (C=O) groups is 2. The van der Waals surface area contributed by atoms with E-state index in [9.17, 15) is 9.59 Å². The minimum Gasteiger partial charge on any atom is -0.489 e. The molecular formula is C25H25N3O4S. The van der Waals surface area contributed by atoms with Gasteiger partial charge in [0.2, 0.25) is 0 Å². The van der Waals surface area contributed by atoms with Crippen molar-refractivity contribution >= 4 is 40.7 Å². The Bertz CT molecular complexity index is 1110. The lowest BCUT2D eigenvalue weighted by atomic mass is 9.88. The molecule has 1 fully saturated rings. The van der Waals surface area contributed by atoms with Crippen LogP contribution in [0, 0.1) is 0 Å². The number of nitrogens with zero attached hydrogens (tertiary/aromatic N) is 2. The molecule has 0 saturated carbocycles. The highest BCUT2D eigenvalue weighted by Gasteiger charge is 2.32. The second-order valence-electron chi connectivity index (χ2n) is 8.01. The molecule has 7 nitrogen and oxygen atoms in total. The van der Waals surface area contributed by atoms with E-state index in [1.165, 1.54) is 0 Å². The summed E-state index contributed by atoms with van der Waals surface area (Å²) in [6.07, 6.45) is 17.8. The zero-order valence-corrected chi connectivity index (χ0v) is 18.9. The Morgan fingerprint density at radius 1 is 1.24 bits per heavy atom. The number of benzene rings is 1. The van der Waals surface area contributed by atoms with Crippen LogP contribution in [0.3, 0.4) is 0 Å². The smallest absolute Gasteiger partial charge is 0.418 e. The molecule has 1 N–H and O–H groups in total. The molecule has 8 heteroatoms. The van der Waals surface area contributed by atoms with Crippen molar-refractivity contribution in [1.29, 1.82) is 0 Å². The minimum absolute atomic E-state index is 0.0568. The Hall–Kier alpha value is -3.26. The van der Waals surface area contributed by atoms with Crippen LogP contribution in [0.4, 0.5) is 15.3 Å². The maximum Gasteiger partial charge on any atom is 0.418 e. The highest BCUT2D eigenvalue weighted by atomic mass is 32.2. The van der Waals surface area contributed by atoms with Crippen LogP contribution in [-0.4, -0.2) is 42.1 Å². The summed E-state index contributed by atoms with van der Waals surface area (Å²) in [5.74, 6) is 0.871. The minimum atomic E-state index is -0.630. The zero-order valence-electron chi connectivity index (χ0n) is 18.1. The summed E-state index contributed by atoms with van der Waals surface area (Å²) in [5.41, 5.74) is 3.64. The maximum atomic E-state index is 12.9. The second kappa shape index (κ2) is 9.70. The fourth-order valence-electron chi connectivity index (χ4n) is 4.37. The van der Waals surface area contributed by atoms with Gasteiger partial charge in [0.05, 0.1) is 24.5 Å². The van der Waals surface area contributed by atoms with Gasteiger partial charge in [0, 0.05) is 21.8 Å². The van der Waals surface area contributed by atoms with Gasteiger partial charge in [-0.2, -0.15) is 0 Å². The molecule has 0 bridgehead atoms. The average Bonchev–Trinajstić information content (AvgIpc) is 3.31. The Morgan fingerprint density at radius 3 is 2.88 bits per heavy atom. The van der Waals surface area contributed by atoms with Gasteiger partial charge in [-0.15, -0.1) is 11.8 Å². The van der Waals surface area contributed by atoms with Gasteiger partial charge in [0.15, 0.2) is 0 Å². The normalized spacial score (nSPS) is 23.8. The monoisotopic (exact) mass is 463 g/mol. The van der Waals surface area contributed by atoms with Crippen molar-refractivity contribution in [3.63, 3.8) is 0 Å². The quantitative estimate of drug-likeness (QED) is 0.615. The highest BCUT2D eigenvalue weighted by molar-refractivity contribution is 8.08. The summed E-state index contributed by atoms with van der Waals surface area (Å²) >= 11 is 1.75. The summed E-state index contributed by atoms with van der Waals surface area (Å²) in [6, 6.07) is 3.50. The predicted octanol–water partition coefficient (Wildman–Crippen LogP) is 5.75. The van der Waals surface area contributed by atoms with Crippen LogP contribution < -0.4 is 5.32 Å². The lowest BCUT2D eigenvalue weighted by molar-refractivity contribution is 0.161. The summed E-state index contributed by atoms with van der Waals surface area (Å²) < 4.78 is 10.9. The van der Waals surface area contributed by atoms with E-state index in [2.05, 4.69) is 23.5 Å². The van der Waals surface area contributed by atoms with E-state index in [1.54, 1.807) is 18.0 Å². The van der Waals surface area contributed by atoms with Crippen molar-refractivity contribution < 1.29 is 19.1 Å². The van der Waals surface area contributed by atoms with Gasteiger partial charge in [0.25, 0.3) is 0 Å². The molecule has 4 heterocycles. The third-order valence-electron chi connectivity index (χ3n) is 5.93. The number of hydrogen-bond acceptors (Lipinski definition) is 6. The number of imide groups is 1. The van der Waals surface area contributed by atoms with Gasteiger partial charge in [-0.05, 0) is 55.3 Å². The first-order valence-corrected chi connectivity index (χ1v) is 12.1. The Balaban J connectivity index is 1.64. The predicted molar refractivity (Wildman–Crippen MR) is 130 cm³/mol. The molecule has 0 aliphatic carbocycles. The second-order valence-corrected chi connectivity index (χ2v) is 9.07. The standard InChI is InChI=1S/C25H25N3O4S/c29-24(28-13-15-32-25(28)30)27-19-11-10-17(18-7-1-4-12-26-18)22(21-9-3-6-16-33-21)23(19)20-8-2-5-14-31-20/h2-3,5-6,8-12,14,18,20H,1,4,7,13,15-16H2,(H,27,29). The van der Waals surface area contributed by atoms with E-state index in [1.807, 2.05) is 36.6 Å². The van der Waals surface area contributed by atoms with Gasteiger partial charge in [-0.3, -0.25) is 4.99 Å². The molecule has 1 aromatic carbocycles. The van der Waals surface area contributed by atoms with Crippen LogP contribution in [0.1, 0.15) is 48.1 Å². The molecule has 3 amide bonds. The van der Waals surface area contributed by atoms with Crippen molar-refractivity contribution in [1.82, 2.24) is 4.90 Å². The van der Waals surface area contributed by atoms with Crippen LogP contribution in [0.2, 0.25) is 0 Å². The van der Waals surface area contributed by atoms with Gasteiger partial charge in [-0.1, -0.05) is 24.3 Å². The molecule has 4 aliphatic heterocycles. The lowest BCUT2D eigenvalue weighted by Gasteiger charge is -2.29. The lowest BCUT2D eigenvalue weighted by Crippen LogP contribution is -2.36. The molecule has 4 aliphatic rings. The summed E-state index contributed by atoms with van der Waals surface area (Å²) in [5, 5.41) is 2.95. The fourth-order valence-corrected chi connectivity index (χ4v) is 5.31. The Kier molecular flexibility index (Phi) is 6.35. The third-order valence-corrected chi connectivity index (χ3v) is 6.94. The molecule has 2 atom stereocenters. The molecule has 0 aromatic heterocycles. The fraction of sp³-hybridized carbons (Fsp3) is 0.320. The van der Waals surface area contributed by atoms with Gasteiger partial charge in [-0.25, -0.2) is 14.5 Å². The van der Waals surface area contributed by atoms with Crippen molar-refractivity contribution in [3.8, 4) is 0 Å². The number of ether oxygens (including phenoxy) is 2. The summed E-state index contributed by atoms with van der Waals surface area (Å²) in [7, 11) is 0. The zero-order chi connectivity index (χ0) is 22.6. The number of amides is 3. The summed E-state index contributed by atoms with van der Waals surface area (Å²) in [6.45, 7) is 0.439. The molecule has 2 unspecified atom stereocenters. The number of carbonyl (C=O) groups excluding carboxylic acids is 2. The number of nitrogens with one attached hydrogen (secondary N) is 1. The molecular weight excluding hydrogens is 438 g/mol. The number of anilines is 1. The Labute approximate surface area is 196 Å². The van der Waals surface area contributed by atoms with Crippen LogP contribution in [0.15, 0.2) is 59.8 Å². The van der Waals surface area contributed by atoms with E-state index < -0.39 is 12.1 Å². The van der Waals surface area contributed by atoms with E-state index in [-0.39, 0.29) is 25.3 Å². The number of rotatable bonds is 4. The van der Waals surface area contributed by atoms with Crippen molar-refractivity contribution in [3.05, 3.63) is 71.5 Å². The molecule has 170 valence electrons. The number of urea groups is 1. The first-order chi connectivity index (χ1) is 16.2. The van der Waals surface area contributed by atoms with Crippen LogP contribution >= 0.6 is 11.8 Å². The van der Waals surface area contributed by atoms with Crippen LogP contribution in [0.5, 0.6) is 0 Å². The SMILES string of the molecule is O=C(Nc1ccc(C2CCCC=N2)c(C2=CC=CCS2)c1C1C=CC=CO1)N1CCOC1=O. The summed E-state index contributed by atoms with van der Waals surface area (Å²) in [4.78, 5) is 31.8. The van der Waals surface area contributed by atoms with E-state index in [0.29, 0.717) is 5.69 Å². The molecule has 1 aromatic rings. The first-order valence-electron chi connectivity index (χ1n) is 11.1. The molecule has 0 radical (unpaired) electrons. The average molecular weight is 464 g/mol. The van der Waals surface area contributed by atoms with Crippen LogP contribution in [0.25, 0.3) is 4.91 Å². The van der Waals surface area contributed by atoms with Crippen LogP contribution in [-0.2, 0) is 9.47 Å². The number of aliphatic imine (C=N–C) groups is 1. The van der Waals surface area contributed by atoms with Gasteiger partial charge in [0.1, 0.15) is 12.7 Å². The van der Waals surface area contributed by atoms with E-state index >= 15 is 0 Å². The van der Waals surface area contributed by atoms with Crippen molar-refractivity contribution in [2.45, 2.75) is 31.4 Å². The largest absolute Gasteiger partial charge is 0.489 e. The van der Waals surface area contributed by atoms with E-state index in [0.717, 1.165) is 51.5 Å². The molecule has 1 saturated heterocycles. The maximum absolute atomic E-state index is 12.9. The highest BCUT2D eigenvalue weighted by Crippen LogP contribution is 2.45. The third kappa shape index (κ3) is 4.48. The number of thioether (sulfide) groups is 1. The number of hydrogen-bond donors (Lipinski definition) is 1. The molecule has 33 heavy (non-hydrogen) atoms. The first kappa shape index (κ1) is 21.6. The number of cyclic esters (lactones) is 1. The molecule has 0 spiro atoms. The van der Waals surface area contributed by atoms with E-state index in [4.69, 9.17) is 14.5 Å². The topological polar surface area (TPSA) is 80.2 Å². The Morgan fingerprint density at radius 2 is 2.18 bits per heavy atom. The van der Waals surface area contributed by atoms with Crippen molar-refractivity contribution in [2.24, 2.45) is 4.99 Å². The van der Waals surface area contributed by atoms with Gasteiger partial charge >= 0.3 is 12.1 Å².